The molecule has 1 aliphatic carbocycles. The first-order chi connectivity index (χ1) is 10.9. The summed E-state index contributed by atoms with van der Waals surface area (Å²) in [4.78, 5) is 23.6. The topological polar surface area (TPSA) is 34.1 Å². The lowest BCUT2D eigenvalue weighted by Crippen LogP contribution is -2.13. The summed E-state index contributed by atoms with van der Waals surface area (Å²) >= 11 is 0. The molecule has 6 heteroatoms. The van der Waals surface area contributed by atoms with Gasteiger partial charge in [-0.3, -0.25) is 9.59 Å². The predicted octanol–water partition coefficient (Wildman–Crippen LogP) is 2.28. The van der Waals surface area contributed by atoms with E-state index in [1.807, 2.05) is 0 Å². The van der Waals surface area contributed by atoms with E-state index in [4.69, 9.17) is 0 Å². The molecule has 2 nitrogen and oxygen atoms in total. The molecular weight excluding hydrogens is 296 g/mol. The molecule has 0 bridgehead atoms. The molecule has 2 aromatic rings. The fraction of sp³-hybridized carbons (Fsp3) is 0.176. The molecule has 0 spiro atoms. The molecule has 0 N–H and O–H groups in total. The summed E-state index contributed by atoms with van der Waals surface area (Å²) in [5.41, 5.74) is 1.12. The van der Waals surface area contributed by atoms with Crippen LogP contribution in [-0.4, -0.2) is 27.3 Å². The maximum atomic E-state index is 14.8. The third kappa shape index (κ3) is 2.33. The van der Waals surface area contributed by atoms with Gasteiger partial charge in [-0.05, 0) is 35.9 Å². The number of alkyl halides is 2. The minimum Gasteiger partial charge on any atom is -0.295 e. The Labute approximate surface area is 134 Å². The standard InChI is InChI=1S/C17H14B2F2O2/c18-7-15(22)9-1-3-11-12-4-2-10(16(23)8-19)6-14(12)17(20,21)13(11)5-9/h1-6H,7-8,18-19H2. The van der Waals surface area contributed by atoms with Crippen LogP contribution in [0, 0.1) is 0 Å². The summed E-state index contributed by atoms with van der Waals surface area (Å²) in [6, 6.07) is 8.87. The van der Waals surface area contributed by atoms with Gasteiger partial charge in [0.1, 0.15) is 15.7 Å². The first kappa shape index (κ1) is 15.7. The van der Waals surface area contributed by atoms with Crippen LogP contribution in [-0.2, 0) is 5.92 Å². The van der Waals surface area contributed by atoms with Crippen molar-refractivity contribution in [3.63, 3.8) is 0 Å². The molecule has 0 aromatic heterocycles. The van der Waals surface area contributed by atoms with E-state index in [-0.39, 0.29) is 35.3 Å². The number of benzene rings is 2. The van der Waals surface area contributed by atoms with Crippen molar-refractivity contribution >= 4 is 27.3 Å². The molecule has 0 atom stereocenters. The number of hydrogen-bond acceptors (Lipinski definition) is 2. The van der Waals surface area contributed by atoms with Crippen molar-refractivity contribution in [3.05, 3.63) is 58.7 Å². The maximum absolute atomic E-state index is 14.8. The van der Waals surface area contributed by atoms with Crippen molar-refractivity contribution < 1.29 is 18.4 Å². The third-order valence-corrected chi connectivity index (χ3v) is 4.29. The highest BCUT2D eigenvalue weighted by Gasteiger charge is 2.44. The van der Waals surface area contributed by atoms with Gasteiger partial charge in [0.25, 0.3) is 5.92 Å². The maximum Gasteiger partial charge on any atom is 0.299 e. The quantitative estimate of drug-likeness (QED) is 0.641. The van der Waals surface area contributed by atoms with Gasteiger partial charge in [0, 0.05) is 22.3 Å². The minimum absolute atomic E-state index is 0.159. The number of carbonyl (C=O) groups is 2. The van der Waals surface area contributed by atoms with Gasteiger partial charge in [0.2, 0.25) is 0 Å². The molecule has 0 aliphatic heterocycles. The van der Waals surface area contributed by atoms with Crippen LogP contribution in [0.25, 0.3) is 11.1 Å². The fourth-order valence-corrected chi connectivity index (χ4v) is 2.98. The lowest BCUT2D eigenvalue weighted by Gasteiger charge is -2.13. The van der Waals surface area contributed by atoms with Crippen LogP contribution in [0.5, 0.6) is 0 Å². The van der Waals surface area contributed by atoms with Gasteiger partial charge >= 0.3 is 0 Å². The van der Waals surface area contributed by atoms with Crippen molar-refractivity contribution in [2.75, 3.05) is 0 Å². The van der Waals surface area contributed by atoms with E-state index in [1.165, 1.54) is 12.1 Å². The Hall–Kier alpha value is -2.23. The van der Waals surface area contributed by atoms with Gasteiger partial charge in [-0.15, -0.1) is 0 Å². The van der Waals surface area contributed by atoms with E-state index in [2.05, 4.69) is 0 Å². The van der Waals surface area contributed by atoms with E-state index in [9.17, 15) is 18.4 Å². The van der Waals surface area contributed by atoms with Crippen LogP contribution < -0.4 is 0 Å². The van der Waals surface area contributed by atoms with Gasteiger partial charge in [-0.25, -0.2) is 0 Å². The van der Waals surface area contributed by atoms with Crippen molar-refractivity contribution in [2.24, 2.45) is 0 Å². The van der Waals surface area contributed by atoms with E-state index >= 15 is 0 Å². The summed E-state index contributed by atoms with van der Waals surface area (Å²) in [5, 5.41) is 0. The number of halogens is 2. The van der Waals surface area contributed by atoms with Crippen LogP contribution >= 0.6 is 0 Å². The molecule has 0 amide bonds. The summed E-state index contributed by atoms with van der Waals surface area (Å²) in [6.45, 7) is 0. The Morgan fingerprint density at radius 2 is 1.22 bits per heavy atom. The van der Waals surface area contributed by atoms with Crippen LogP contribution in [0.4, 0.5) is 8.78 Å². The molecule has 3 rings (SSSR count). The van der Waals surface area contributed by atoms with Crippen molar-refractivity contribution in [1.82, 2.24) is 0 Å². The van der Waals surface area contributed by atoms with Crippen LogP contribution in [0.15, 0.2) is 36.4 Å². The van der Waals surface area contributed by atoms with Gasteiger partial charge in [-0.1, -0.05) is 24.3 Å². The SMILES string of the molecule is BCC(=O)c1ccc2c(c1)C(F)(F)c1cc(C(=O)CB)ccc1-2. The summed E-state index contributed by atoms with van der Waals surface area (Å²) in [7, 11) is 3.40. The Morgan fingerprint density at radius 3 is 1.57 bits per heavy atom. The number of Topliss-reactive ketones (excluding diaryl/α,β-unsaturated/α-hetero) is 2. The Kier molecular flexibility index (Phi) is 3.71. The predicted molar refractivity (Wildman–Crippen MR) is 90.2 cm³/mol. The second kappa shape index (κ2) is 5.44. The van der Waals surface area contributed by atoms with Crippen LogP contribution in [0.1, 0.15) is 31.8 Å². The molecule has 114 valence electrons. The molecule has 0 saturated heterocycles. The molecule has 1 aliphatic rings. The van der Waals surface area contributed by atoms with Gasteiger partial charge in [0.05, 0.1) is 0 Å². The highest BCUT2D eigenvalue weighted by atomic mass is 19.3. The molecule has 0 fully saturated rings. The van der Waals surface area contributed by atoms with Crippen molar-refractivity contribution in [1.29, 1.82) is 0 Å². The number of rotatable bonds is 4. The number of carbonyl (C=O) groups excluding carboxylic acids is 2. The molecule has 0 radical (unpaired) electrons. The molecule has 23 heavy (non-hydrogen) atoms. The van der Waals surface area contributed by atoms with E-state index in [1.54, 1.807) is 40.0 Å². The highest BCUT2D eigenvalue weighted by Crippen LogP contribution is 2.51. The third-order valence-electron chi connectivity index (χ3n) is 4.29. The van der Waals surface area contributed by atoms with Crippen molar-refractivity contribution in [2.45, 2.75) is 18.6 Å². The fourth-order valence-electron chi connectivity index (χ4n) is 2.98. The Morgan fingerprint density at radius 1 is 0.826 bits per heavy atom. The highest BCUT2D eigenvalue weighted by molar-refractivity contribution is 6.24. The zero-order valence-corrected chi connectivity index (χ0v) is 13.0. The number of hydrogen-bond donors (Lipinski definition) is 0. The van der Waals surface area contributed by atoms with Crippen LogP contribution in [0.3, 0.4) is 0 Å². The molecule has 2 aromatic carbocycles. The van der Waals surface area contributed by atoms with Crippen LogP contribution in [0.2, 0.25) is 12.6 Å². The van der Waals surface area contributed by atoms with Gasteiger partial charge in [0.15, 0.2) is 11.6 Å². The summed E-state index contributed by atoms with van der Waals surface area (Å²) < 4.78 is 29.6. The first-order valence-corrected chi connectivity index (χ1v) is 7.63. The monoisotopic (exact) mass is 310 g/mol. The number of ketones is 2. The van der Waals surface area contributed by atoms with Gasteiger partial charge in [-0.2, -0.15) is 8.78 Å². The second-order valence-corrected chi connectivity index (χ2v) is 5.65. The molecule has 0 heterocycles. The van der Waals surface area contributed by atoms with E-state index < -0.39 is 5.92 Å². The summed E-state index contributed by atoms with van der Waals surface area (Å²) in [5.74, 6) is -3.53. The second-order valence-electron chi connectivity index (χ2n) is 5.65. The number of fused-ring (bicyclic) bond motifs is 3. The lowest BCUT2D eigenvalue weighted by molar-refractivity contribution is 0.0479. The minimum atomic E-state index is -3.20. The van der Waals surface area contributed by atoms with Crippen molar-refractivity contribution in [3.8, 4) is 11.1 Å². The van der Waals surface area contributed by atoms with Gasteiger partial charge < -0.3 is 0 Å². The van der Waals surface area contributed by atoms with E-state index in [0.29, 0.717) is 22.3 Å². The molecule has 0 saturated carbocycles. The normalized spacial score (nSPS) is 14.2. The average Bonchev–Trinajstić information content (AvgIpc) is 2.80. The lowest BCUT2D eigenvalue weighted by atomic mass is 9.93. The molecular formula is C17H14B2F2O2. The largest absolute Gasteiger partial charge is 0.299 e. The Bertz CT molecular complexity index is 764. The average molecular weight is 310 g/mol. The Balaban J connectivity index is 2.17. The molecule has 0 unspecified atom stereocenters. The smallest absolute Gasteiger partial charge is 0.295 e. The van der Waals surface area contributed by atoms with E-state index in [0.717, 1.165) is 0 Å². The summed E-state index contributed by atoms with van der Waals surface area (Å²) in [6.07, 6.45) is 0.541. The first-order valence-electron chi connectivity index (χ1n) is 7.63. The zero-order valence-electron chi connectivity index (χ0n) is 13.0. The zero-order chi connectivity index (χ0) is 16.8.